The van der Waals surface area contributed by atoms with Crippen molar-refractivity contribution >= 4 is 42.3 Å². The Balaban J connectivity index is 0.000000229. The summed E-state index contributed by atoms with van der Waals surface area (Å²) < 4.78 is 23.5. The molecule has 8 rings (SSSR count). The number of nitrogens with two attached hydrogens (primary N) is 2. The molecule has 8 atom stereocenters. The Bertz CT molecular complexity index is 2290. The molecule has 16 nitrogen and oxygen atoms in total. The zero-order valence-corrected chi connectivity index (χ0v) is 35.9. The highest BCUT2D eigenvalue weighted by atomic mass is 28.4. The summed E-state index contributed by atoms with van der Waals surface area (Å²) in [5.41, 5.74) is 16.6. The molecular formula is C44H66N12O4Si. The van der Waals surface area contributed by atoms with Crippen LogP contribution in [-0.4, -0.2) is 89.0 Å². The second-order valence-electron chi connectivity index (χ2n) is 16.7. The van der Waals surface area contributed by atoms with Crippen molar-refractivity contribution in [1.29, 1.82) is 0 Å². The first-order valence-corrected chi connectivity index (χ1v) is 23.3. The van der Waals surface area contributed by atoms with Gasteiger partial charge in [0.1, 0.15) is 35.9 Å². The van der Waals surface area contributed by atoms with Crippen LogP contribution in [0.3, 0.4) is 0 Å². The smallest absolute Gasteiger partial charge is 0.192 e. The largest absolute Gasteiger partial charge is 0.408 e. The lowest BCUT2D eigenvalue weighted by Crippen LogP contribution is -2.52. The van der Waals surface area contributed by atoms with Gasteiger partial charge in [0.2, 0.25) is 0 Å². The van der Waals surface area contributed by atoms with E-state index in [1.165, 1.54) is 18.2 Å². The van der Waals surface area contributed by atoms with Crippen LogP contribution in [0.5, 0.6) is 0 Å². The quantitative estimate of drug-likeness (QED) is 0.0805. The number of fused-ring (bicyclic) bond motifs is 2. The van der Waals surface area contributed by atoms with Gasteiger partial charge < -0.3 is 41.1 Å². The number of aromatic nitrogens is 8. The molecule has 2 aliphatic rings. The van der Waals surface area contributed by atoms with Crippen molar-refractivity contribution in [2.24, 2.45) is 0 Å². The molecule has 0 bridgehead atoms. The van der Waals surface area contributed by atoms with Gasteiger partial charge in [-0.1, -0.05) is 110 Å². The van der Waals surface area contributed by atoms with Crippen LogP contribution in [0.2, 0.25) is 18.1 Å². The van der Waals surface area contributed by atoms with Crippen LogP contribution in [0.4, 0.5) is 11.6 Å². The molecule has 0 saturated carbocycles. The first kappa shape index (κ1) is 47.2. The maximum absolute atomic E-state index is 10.9. The van der Waals surface area contributed by atoms with Crippen molar-refractivity contribution in [2.45, 2.75) is 142 Å². The Morgan fingerprint density at radius 3 is 1.61 bits per heavy atom. The molecule has 0 spiro atoms. The number of hydrogen-bond donors (Lipinski definition) is 5. The molecule has 6 aromatic rings. The number of hydrogen-bond acceptors (Lipinski definition) is 14. The molecule has 2 fully saturated rings. The van der Waals surface area contributed by atoms with Crippen molar-refractivity contribution in [2.75, 3.05) is 11.5 Å². The van der Waals surface area contributed by atoms with Gasteiger partial charge in [-0.05, 0) is 42.1 Å². The van der Waals surface area contributed by atoms with E-state index in [1.807, 2.05) is 35.8 Å². The molecule has 0 amide bonds. The summed E-state index contributed by atoms with van der Waals surface area (Å²) in [6.45, 7) is 16.9. The SMILES string of the molecule is C.C.CC[C@H]1O[C@@H](n2cnc3c(N)ncnc32)[C@H](O)[C@@H]1NCc1ccccc1.CC[C@H]1O[C@@H](n2cnc3c(N)ncnc32)[C@H](O[Si](C)(C)C(C)(C)C)[C@@H]1NCc1ccccc1. The molecule has 7 N–H and O–H groups in total. The first-order chi connectivity index (χ1) is 28.3. The maximum atomic E-state index is 10.9. The van der Waals surface area contributed by atoms with Crippen LogP contribution in [-0.2, 0) is 27.0 Å². The Hall–Kier alpha value is -4.88. The number of nitrogen functional groups attached to an aromatic ring is 2. The highest BCUT2D eigenvalue weighted by Gasteiger charge is 2.50. The predicted octanol–water partition coefficient (Wildman–Crippen LogP) is 6.77. The van der Waals surface area contributed by atoms with Gasteiger partial charge in [-0.25, -0.2) is 29.9 Å². The fourth-order valence-corrected chi connectivity index (χ4v) is 8.85. The third-order valence-electron chi connectivity index (χ3n) is 11.9. The van der Waals surface area contributed by atoms with E-state index in [4.69, 9.17) is 25.4 Å². The summed E-state index contributed by atoms with van der Waals surface area (Å²) in [5, 5.41) is 18.2. The Morgan fingerprint density at radius 2 is 1.13 bits per heavy atom. The van der Waals surface area contributed by atoms with Gasteiger partial charge in [-0.2, -0.15) is 0 Å². The summed E-state index contributed by atoms with van der Waals surface area (Å²) in [6.07, 6.45) is 5.84. The van der Waals surface area contributed by atoms with E-state index in [0.717, 1.165) is 24.9 Å². The summed E-state index contributed by atoms with van der Waals surface area (Å²) in [6, 6.07) is 20.3. The second kappa shape index (κ2) is 19.9. The van der Waals surface area contributed by atoms with E-state index in [1.54, 1.807) is 17.2 Å². The summed E-state index contributed by atoms with van der Waals surface area (Å²) in [5.74, 6) is 0.677. The van der Waals surface area contributed by atoms with E-state index in [0.29, 0.717) is 40.5 Å². The fourth-order valence-electron chi connectivity index (χ4n) is 7.55. The number of benzene rings is 2. The number of rotatable bonds is 12. The van der Waals surface area contributed by atoms with Crippen LogP contribution in [0.1, 0.15) is 85.9 Å². The minimum atomic E-state index is -2.11. The standard InChI is InChI=1S/C24H36N6O2Si.C18H22N6O2.2CH4/c1-7-17-18(26-13-16-11-9-8-10-12-16)20(32-33(5,6)24(2,3)4)23(31-17)30-15-29-19-21(25)27-14-28-22(19)30;1-2-12-13(20-8-11-6-4-3-5-7-11)15(25)18(26-12)24-10-23-14-16(19)21-9-22-17(14)24;;/h8-12,14-15,17-18,20,23,26H,7,13H2,1-6H3,(H2,25,27,28);3-7,9-10,12-13,15,18,20,25H,2,8H2,1H3,(H2,19,21,22);2*1H4/t17-,18-,20-,23-;12-,13-,15-,18-;;/m11../s1. The van der Waals surface area contributed by atoms with Gasteiger partial charge in [-0.15, -0.1) is 0 Å². The zero-order valence-electron chi connectivity index (χ0n) is 34.9. The van der Waals surface area contributed by atoms with Crippen molar-refractivity contribution in [3.05, 3.63) is 97.1 Å². The number of aliphatic hydroxyl groups excluding tert-OH is 1. The normalized spacial score (nSPS) is 23.9. The van der Waals surface area contributed by atoms with Gasteiger partial charge in [-0.3, -0.25) is 9.13 Å². The number of imidazole rings is 2. The van der Waals surface area contributed by atoms with E-state index in [9.17, 15) is 5.11 Å². The Morgan fingerprint density at radius 1 is 0.689 bits per heavy atom. The van der Waals surface area contributed by atoms with Crippen LogP contribution in [0.15, 0.2) is 86.0 Å². The monoisotopic (exact) mass is 855 g/mol. The molecule has 6 heterocycles. The molecule has 0 aliphatic carbocycles. The number of nitrogens with one attached hydrogen (secondary N) is 2. The van der Waals surface area contributed by atoms with E-state index in [-0.39, 0.29) is 56.5 Å². The van der Waals surface area contributed by atoms with Gasteiger partial charge in [0, 0.05) is 13.1 Å². The van der Waals surface area contributed by atoms with Gasteiger partial charge in [0.05, 0.1) is 36.9 Å². The lowest BCUT2D eigenvalue weighted by atomic mass is 10.0. The molecular weight excluding hydrogens is 789 g/mol. The minimum absolute atomic E-state index is 0. The molecule has 2 saturated heterocycles. The zero-order chi connectivity index (χ0) is 41.9. The average Bonchev–Trinajstić information content (AvgIpc) is 4.00. The third kappa shape index (κ3) is 9.93. The number of aliphatic hydroxyl groups is 1. The van der Waals surface area contributed by atoms with Crippen molar-refractivity contribution in [3.8, 4) is 0 Å². The predicted molar refractivity (Wildman–Crippen MR) is 244 cm³/mol. The van der Waals surface area contributed by atoms with Crippen molar-refractivity contribution in [1.82, 2.24) is 49.7 Å². The van der Waals surface area contributed by atoms with E-state index >= 15 is 0 Å². The molecule has 0 radical (unpaired) electrons. The van der Waals surface area contributed by atoms with Crippen LogP contribution in [0, 0.1) is 0 Å². The van der Waals surface area contributed by atoms with Gasteiger partial charge in [0.25, 0.3) is 0 Å². The molecule has 2 aliphatic heterocycles. The summed E-state index contributed by atoms with van der Waals surface area (Å²) in [7, 11) is -2.11. The topological polar surface area (TPSA) is 211 Å². The first-order valence-electron chi connectivity index (χ1n) is 20.4. The maximum Gasteiger partial charge on any atom is 0.192 e. The minimum Gasteiger partial charge on any atom is -0.408 e. The summed E-state index contributed by atoms with van der Waals surface area (Å²) >= 11 is 0. The molecule has 330 valence electrons. The van der Waals surface area contributed by atoms with Crippen LogP contribution in [0.25, 0.3) is 22.3 Å². The Kier molecular flexibility index (Phi) is 15.4. The molecule has 0 unspecified atom stereocenters. The van der Waals surface area contributed by atoms with E-state index in [2.05, 4.69) is 118 Å². The van der Waals surface area contributed by atoms with Gasteiger partial charge in [0.15, 0.2) is 43.7 Å². The highest BCUT2D eigenvalue weighted by Crippen LogP contribution is 2.43. The molecule has 2 aromatic carbocycles. The summed E-state index contributed by atoms with van der Waals surface area (Å²) in [4.78, 5) is 25.5. The second-order valence-corrected chi connectivity index (χ2v) is 21.5. The molecule has 4 aromatic heterocycles. The van der Waals surface area contributed by atoms with Crippen LogP contribution >= 0.6 is 0 Å². The van der Waals surface area contributed by atoms with Crippen molar-refractivity contribution in [3.63, 3.8) is 0 Å². The number of ether oxygens (including phenoxy) is 2. The molecule has 61 heavy (non-hydrogen) atoms. The van der Waals surface area contributed by atoms with Gasteiger partial charge >= 0.3 is 0 Å². The Labute approximate surface area is 361 Å². The lowest BCUT2D eigenvalue weighted by Gasteiger charge is -2.41. The van der Waals surface area contributed by atoms with E-state index < -0.39 is 20.6 Å². The van der Waals surface area contributed by atoms with Crippen molar-refractivity contribution < 1.29 is 19.0 Å². The number of nitrogens with zero attached hydrogens (tertiary/aromatic N) is 8. The number of anilines is 2. The highest BCUT2D eigenvalue weighted by molar-refractivity contribution is 6.74. The molecule has 17 heteroatoms. The lowest BCUT2D eigenvalue weighted by molar-refractivity contribution is -0.0355. The third-order valence-corrected chi connectivity index (χ3v) is 16.3. The van der Waals surface area contributed by atoms with Crippen LogP contribution < -0.4 is 22.1 Å². The fraction of sp³-hybridized carbons (Fsp3) is 0.500. The average molecular weight is 855 g/mol.